The number of hydrogen-bond donors (Lipinski definition) is 2. The summed E-state index contributed by atoms with van der Waals surface area (Å²) in [7, 11) is 0. The Kier molecular flexibility index (Phi) is 4.09. The van der Waals surface area contributed by atoms with E-state index in [1.807, 2.05) is 0 Å². The van der Waals surface area contributed by atoms with Gasteiger partial charge in [-0.3, -0.25) is 14.9 Å². The van der Waals surface area contributed by atoms with Crippen LogP contribution in [0.15, 0.2) is 57.2 Å². The third-order valence-corrected chi connectivity index (χ3v) is 3.98. The van der Waals surface area contributed by atoms with Gasteiger partial charge >= 0.3 is 0 Å². The average Bonchev–Trinajstić information content (AvgIpc) is 2.87. The minimum Gasteiger partial charge on any atom is -0.493 e. The van der Waals surface area contributed by atoms with E-state index in [0.29, 0.717) is 20.9 Å². The largest absolute Gasteiger partial charge is 0.493 e. The molecule has 0 aliphatic carbocycles. The van der Waals surface area contributed by atoms with Crippen molar-refractivity contribution in [3.8, 4) is 5.88 Å². The molecule has 0 saturated heterocycles. The predicted molar refractivity (Wildman–Crippen MR) is 89.6 cm³/mol. The molecule has 0 fully saturated rings. The Hall–Kier alpha value is -3.07. The second-order valence-electron chi connectivity index (χ2n) is 4.79. The van der Waals surface area contributed by atoms with Crippen molar-refractivity contribution in [1.29, 1.82) is 0 Å². The van der Waals surface area contributed by atoms with E-state index in [-0.39, 0.29) is 17.3 Å². The number of azo groups is 1. The van der Waals surface area contributed by atoms with Gasteiger partial charge in [-0.05, 0) is 34.1 Å². The molecule has 1 aromatic heterocycles. The van der Waals surface area contributed by atoms with Crippen LogP contribution in [0.4, 0.5) is 11.4 Å². The third-order valence-electron chi connectivity index (χ3n) is 3.29. The number of H-pyrrole nitrogens is 1. The summed E-state index contributed by atoms with van der Waals surface area (Å²) in [6, 6.07) is 10.7. The van der Waals surface area contributed by atoms with E-state index in [0.717, 1.165) is 0 Å². The molecule has 24 heavy (non-hydrogen) atoms. The van der Waals surface area contributed by atoms with Gasteiger partial charge in [-0.2, -0.15) is 0 Å². The SMILES string of the molecule is O=C(N=Nc1c(O)[nH]c2ccc([N+](=O)[O-])cc12)c1ccccc1Br. The van der Waals surface area contributed by atoms with Gasteiger partial charge in [0.1, 0.15) is 0 Å². The molecule has 2 aromatic carbocycles. The lowest BCUT2D eigenvalue weighted by Crippen LogP contribution is -1.94. The van der Waals surface area contributed by atoms with Gasteiger partial charge in [-0.15, -0.1) is 10.2 Å². The van der Waals surface area contributed by atoms with Crippen molar-refractivity contribution in [1.82, 2.24) is 4.98 Å². The molecule has 120 valence electrons. The molecule has 0 spiro atoms. The highest BCUT2D eigenvalue weighted by Crippen LogP contribution is 2.37. The number of hydrogen-bond acceptors (Lipinski definition) is 5. The van der Waals surface area contributed by atoms with Crippen LogP contribution in [0, 0.1) is 10.1 Å². The fraction of sp³-hybridized carbons (Fsp3) is 0. The normalized spacial score (nSPS) is 11.2. The number of carbonyl (C=O) groups is 1. The molecular weight excluding hydrogens is 380 g/mol. The number of halogens is 1. The summed E-state index contributed by atoms with van der Waals surface area (Å²) in [5.41, 5.74) is 0.566. The lowest BCUT2D eigenvalue weighted by atomic mass is 10.2. The van der Waals surface area contributed by atoms with E-state index in [1.165, 1.54) is 18.2 Å². The van der Waals surface area contributed by atoms with Gasteiger partial charge in [-0.1, -0.05) is 12.1 Å². The number of benzene rings is 2. The molecule has 8 nitrogen and oxygen atoms in total. The van der Waals surface area contributed by atoms with Crippen LogP contribution in [0.5, 0.6) is 5.88 Å². The lowest BCUT2D eigenvalue weighted by Gasteiger charge is -1.97. The first-order chi connectivity index (χ1) is 11.5. The molecule has 3 aromatic rings. The monoisotopic (exact) mass is 388 g/mol. The number of non-ortho nitro benzene ring substituents is 1. The Balaban J connectivity index is 2.01. The van der Waals surface area contributed by atoms with Crippen LogP contribution >= 0.6 is 15.9 Å². The Morgan fingerprint density at radius 3 is 2.71 bits per heavy atom. The van der Waals surface area contributed by atoms with Gasteiger partial charge in [0.05, 0.1) is 16.0 Å². The molecule has 0 bridgehead atoms. The highest BCUT2D eigenvalue weighted by atomic mass is 79.9. The van der Waals surface area contributed by atoms with E-state index < -0.39 is 10.8 Å². The zero-order valence-electron chi connectivity index (χ0n) is 11.9. The van der Waals surface area contributed by atoms with Crippen LogP contribution in [-0.4, -0.2) is 20.9 Å². The maximum absolute atomic E-state index is 12.1. The van der Waals surface area contributed by atoms with Crippen molar-refractivity contribution in [2.24, 2.45) is 10.2 Å². The zero-order chi connectivity index (χ0) is 17.3. The van der Waals surface area contributed by atoms with Crippen molar-refractivity contribution in [2.45, 2.75) is 0 Å². The standard InChI is InChI=1S/C15H9BrN4O4/c16-11-4-2-1-3-9(11)14(21)19-18-13-10-7-8(20(23)24)5-6-12(10)17-15(13)22/h1-7,17,22H. The number of nitrogens with zero attached hydrogens (tertiary/aromatic N) is 3. The van der Waals surface area contributed by atoms with Crippen molar-refractivity contribution in [3.63, 3.8) is 0 Å². The first kappa shape index (κ1) is 15.8. The molecule has 1 amide bonds. The first-order valence-electron chi connectivity index (χ1n) is 6.67. The number of nitro benzene ring substituents is 1. The van der Waals surface area contributed by atoms with Crippen LogP contribution in [-0.2, 0) is 0 Å². The van der Waals surface area contributed by atoms with E-state index in [4.69, 9.17) is 0 Å². The molecule has 0 radical (unpaired) electrons. The number of rotatable bonds is 3. The molecule has 3 rings (SSSR count). The van der Waals surface area contributed by atoms with Crippen molar-refractivity contribution < 1.29 is 14.8 Å². The van der Waals surface area contributed by atoms with Gasteiger partial charge in [0, 0.05) is 22.0 Å². The number of nitrogens with one attached hydrogen (secondary N) is 1. The van der Waals surface area contributed by atoms with E-state index >= 15 is 0 Å². The van der Waals surface area contributed by atoms with E-state index in [1.54, 1.807) is 24.3 Å². The molecule has 2 N–H and O–H groups in total. The minimum atomic E-state index is -0.610. The second kappa shape index (κ2) is 6.20. The van der Waals surface area contributed by atoms with Crippen LogP contribution < -0.4 is 0 Å². The zero-order valence-corrected chi connectivity index (χ0v) is 13.5. The summed E-state index contributed by atoms with van der Waals surface area (Å²) >= 11 is 3.24. The lowest BCUT2D eigenvalue weighted by molar-refractivity contribution is -0.384. The average molecular weight is 389 g/mol. The summed E-state index contributed by atoms with van der Waals surface area (Å²) in [5, 5.41) is 28.4. The number of fused-ring (bicyclic) bond motifs is 1. The second-order valence-corrected chi connectivity index (χ2v) is 5.65. The molecule has 0 aliphatic rings. The molecule has 0 unspecified atom stereocenters. The molecule has 1 heterocycles. The first-order valence-corrected chi connectivity index (χ1v) is 7.46. The van der Waals surface area contributed by atoms with E-state index in [9.17, 15) is 20.0 Å². The van der Waals surface area contributed by atoms with Gasteiger partial charge in [0.2, 0.25) is 5.88 Å². The smallest absolute Gasteiger partial charge is 0.296 e. The number of amides is 1. The minimum absolute atomic E-state index is 0.0332. The summed E-state index contributed by atoms with van der Waals surface area (Å²) in [6.07, 6.45) is 0. The molecule has 0 saturated carbocycles. The van der Waals surface area contributed by atoms with E-state index in [2.05, 4.69) is 31.1 Å². The number of nitro groups is 1. The van der Waals surface area contributed by atoms with Gasteiger partial charge in [0.25, 0.3) is 11.6 Å². The summed E-state index contributed by atoms with van der Waals surface area (Å²) in [5.74, 6) is -0.934. The summed E-state index contributed by atoms with van der Waals surface area (Å²) < 4.78 is 0.563. The van der Waals surface area contributed by atoms with Crippen molar-refractivity contribution in [2.75, 3.05) is 0 Å². The Morgan fingerprint density at radius 1 is 1.25 bits per heavy atom. The summed E-state index contributed by atoms with van der Waals surface area (Å²) in [4.78, 5) is 25.0. The Bertz CT molecular complexity index is 996. The van der Waals surface area contributed by atoms with Gasteiger partial charge in [-0.25, -0.2) is 0 Å². The Morgan fingerprint density at radius 2 is 2.00 bits per heavy atom. The molecular formula is C15H9BrN4O4. The topological polar surface area (TPSA) is 121 Å². The highest BCUT2D eigenvalue weighted by molar-refractivity contribution is 9.10. The maximum Gasteiger partial charge on any atom is 0.296 e. The third kappa shape index (κ3) is 2.88. The highest BCUT2D eigenvalue weighted by Gasteiger charge is 2.16. The predicted octanol–water partition coefficient (Wildman–Crippen LogP) is 4.47. The van der Waals surface area contributed by atoms with Crippen LogP contribution in [0.1, 0.15) is 10.4 Å². The quantitative estimate of drug-likeness (QED) is 0.390. The number of aromatic hydroxyl groups is 1. The molecule has 0 aliphatic heterocycles. The van der Waals surface area contributed by atoms with Gasteiger partial charge in [0.15, 0.2) is 5.69 Å². The van der Waals surface area contributed by atoms with Crippen molar-refractivity contribution >= 4 is 44.1 Å². The number of carbonyl (C=O) groups excluding carboxylic acids is 1. The van der Waals surface area contributed by atoms with Crippen LogP contribution in [0.2, 0.25) is 0 Å². The maximum atomic E-state index is 12.1. The number of aromatic amines is 1. The van der Waals surface area contributed by atoms with Crippen molar-refractivity contribution in [3.05, 3.63) is 62.6 Å². The number of aromatic nitrogens is 1. The van der Waals surface area contributed by atoms with Crippen LogP contribution in [0.3, 0.4) is 0 Å². The van der Waals surface area contributed by atoms with Gasteiger partial charge < -0.3 is 10.1 Å². The fourth-order valence-corrected chi connectivity index (χ4v) is 2.60. The molecule has 9 heteroatoms. The molecule has 0 atom stereocenters. The van der Waals surface area contributed by atoms with Crippen LogP contribution in [0.25, 0.3) is 10.9 Å². The Labute approximate surface area is 143 Å². The fourth-order valence-electron chi connectivity index (χ4n) is 2.15. The summed E-state index contributed by atoms with van der Waals surface area (Å²) in [6.45, 7) is 0.